The molecule has 1 saturated heterocycles. The van der Waals surface area contributed by atoms with Crippen LogP contribution in [0.1, 0.15) is 29.4 Å². The van der Waals surface area contributed by atoms with Crippen molar-refractivity contribution >= 4 is 28.7 Å². The van der Waals surface area contributed by atoms with E-state index >= 15 is 0 Å². The van der Waals surface area contributed by atoms with E-state index in [9.17, 15) is 4.79 Å². The first-order valence-corrected chi connectivity index (χ1v) is 9.26. The van der Waals surface area contributed by atoms with Crippen LogP contribution in [0.5, 0.6) is 0 Å². The molecule has 1 N–H and O–H groups in total. The fourth-order valence-corrected chi connectivity index (χ4v) is 4.05. The van der Waals surface area contributed by atoms with Gasteiger partial charge < -0.3 is 15.0 Å². The monoisotopic (exact) mass is 336 g/mol. The lowest BCUT2D eigenvalue weighted by molar-refractivity contribution is -0.0135. The van der Waals surface area contributed by atoms with Gasteiger partial charge in [0.05, 0.1) is 13.2 Å². The van der Waals surface area contributed by atoms with Crippen LogP contribution in [0.15, 0.2) is 34.3 Å². The zero-order chi connectivity index (χ0) is 15.4. The van der Waals surface area contributed by atoms with Crippen LogP contribution in [0.2, 0.25) is 0 Å². The van der Waals surface area contributed by atoms with E-state index in [1.807, 2.05) is 16.3 Å². The Bertz CT molecular complexity index is 583. The van der Waals surface area contributed by atoms with E-state index in [2.05, 4.69) is 35.1 Å². The Kier molecular flexibility index (Phi) is 5.12. The van der Waals surface area contributed by atoms with Crippen molar-refractivity contribution in [2.24, 2.45) is 0 Å². The molecule has 0 aromatic carbocycles. The third kappa shape index (κ3) is 3.69. The van der Waals surface area contributed by atoms with Crippen LogP contribution in [-0.2, 0) is 4.74 Å². The summed E-state index contributed by atoms with van der Waals surface area (Å²) in [4.78, 5) is 15.4. The van der Waals surface area contributed by atoms with E-state index in [0.29, 0.717) is 32.2 Å². The summed E-state index contributed by atoms with van der Waals surface area (Å²) in [6, 6.07) is 6.20. The summed E-state index contributed by atoms with van der Waals surface area (Å²) >= 11 is 3.37. The number of amides is 2. The van der Waals surface area contributed by atoms with Gasteiger partial charge in [-0.05, 0) is 39.8 Å². The van der Waals surface area contributed by atoms with Gasteiger partial charge in [0.15, 0.2) is 0 Å². The molecule has 0 spiro atoms. The van der Waals surface area contributed by atoms with Crippen LogP contribution >= 0.6 is 22.7 Å². The van der Waals surface area contributed by atoms with Gasteiger partial charge in [0, 0.05) is 18.0 Å². The number of nitrogens with one attached hydrogen (secondary N) is 1. The van der Waals surface area contributed by atoms with Gasteiger partial charge in [0.2, 0.25) is 0 Å². The largest absolute Gasteiger partial charge is 0.369 e. The molecule has 0 aliphatic carbocycles. The van der Waals surface area contributed by atoms with Crippen molar-refractivity contribution in [2.45, 2.75) is 18.9 Å². The Morgan fingerprint density at radius 1 is 1.50 bits per heavy atom. The number of morpholine rings is 1. The maximum absolute atomic E-state index is 12.4. The average molecular weight is 336 g/mol. The maximum Gasteiger partial charge on any atom is 0.317 e. The van der Waals surface area contributed by atoms with Gasteiger partial charge in [0.25, 0.3) is 0 Å². The van der Waals surface area contributed by atoms with Crippen LogP contribution in [0.3, 0.4) is 0 Å². The number of urea groups is 1. The normalized spacial score (nSPS) is 19.9. The Labute approximate surface area is 138 Å². The minimum absolute atomic E-state index is 0.00642. The zero-order valence-corrected chi connectivity index (χ0v) is 14.2. The molecule has 2 amide bonds. The number of nitrogens with zero attached hydrogens (tertiary/aromatic N) is 1. The number of carbonyl (C=O) groups excluding carboxylic acids is 1. The quantitative estimate of drug-likeness (QED) is 0.925. The first-order valence-electron chi connectivity index (χ1n) is 7.44. The lowest BCUT2D eigenvalue weighted by Crippen LogP contribution is -2.47. The molecule has 0 bridgehead atoms. The summed E-state index contributed by atoms with van der Waals surface area (Å²) in [6.45, 7) is 4.67. The second-order valence-electron chi connectivity index (χ2n) is 5.46. The Hall–Kier alpha value is -1.37. The summed E-state index contributed by atoms with van der Waals surface area (Å²) in [6.07, 6.45) is 0.00815. The lowest BCUT2D eigenvalue weighted by atomic mass is 10.1. The second kappa shape index (κ2) is 7.26. The molecule has 1 aliphatic rings. The predicted octanol–water partition coefficient (Wildman–Crippen LogP) is 3.70. The highest BCUT2D eigenvalue weighted by molar-refractivity contribution is 7.10. The van der Waals surface area contributed by atoms with Gasteiger partial charge in [-0.15, -0.1) is 11.3 Å². The van der Waals surface area contributed by atoms with Gasteiger partial charge in [0.1, 0.15) is 6.10 Å². The fourth-order valence-electron chi connectivity index (χ4n) is 2.51. The zero-order valence-electron chi connectivity index (χ0n) is 12.5. The fraction of sp³-hybridized carbons (Fsp3) is 0.438. The van der Waals surface area contributed by atoms with E-state index in [4.69, 9.17) is 4.74 Å². The van der Waals surface area contributed by atoms with Crippen molar-refractivity contribution < 1.29 is 9.53 Å². The summed E-state index contributed by atoms with van der Waals surface area (Å²) < 4.78 is 5.78. The predicted molar refractivity (Wildman–Crippen MR) is 90.7 cm³/mol. The van der Waals surface area contributed by atoms with Crippen molar-refractivity contribution in [3.63, 3.8) is 0 Å². The summed E-state index contributed by atoms with van der Waals surface area (Å²) in [5, 5.41) is 9.30. The van der Waals surface area contributed by atoms with Crippen molar-refractivity contribution in [3.8, 4) is 0 Å². The number of ether oxygens (including phenoxy) is 1. The molecule has 3 heterocycles. The van der Waals surface area contributed by atoms with Crippen molar-refractivity contribution in [1.82, 2.24) is 10.2 Å². The van der Waals surface area contributed by atoms with Crippen LogP contribution < -0.4 is 5.32 Å². The minimum atomic E-state index is 0.00642. The minimum Gasteiger partial charge on any atom is -0.369 e. The smallest absolute Gasteiger partial charge is 0.317 e. The van der Waals surface area contributed by atoms with Crippen LogP contribution in [0, 0.1) is 0 Å². The number of thiophene rings is 2. The average Bonchev–Trinajstić information content (AvgIpc) is 3.25. The van der Waals surface area contributed by atoms with Gasteiger partial charge in [-0.2, -0.15) is 11.3 Å². The van der Waals surface area contributed by atoms with E-state index in [1.54, 1.807) is 22.7 Å². The molecule has 2 aromatic heterocycles. The van der Waals surface area contributed by atoms with Crippen molar-refractivity contribution in [3.05, 3.63) is 44.8 Å². The number of carbonyl (C=O) groups is 1. The third-order valence-corrected chi connectivity index (χ3v) is 5.55. The molecule has 2 aromatic rings. The molecular formula is C16H20N2O2S2. The number of hydrogen-bond acceptors (Lipinski definition) is 4. The van der Waals surface area contributed by atoms with E-state index in [-0.39, 0.29) is 12.1 Å². The molecule has 0 unspecified atom stereocenters. The molecule has 1 fully saturated rings. The summed E-state index contributed by atoms with van der Waals surface area (Å²) in [5.41, 5.74) is 1.28. The molecule has 4 nitrogen and oxygen atoms in total. The lowest BCUT2D eigenvalue weighted by Gasteiger charge is -2.32. The Morgan fingerprint density at radius 2 is 2.41 bits per heavy atom. The van der Waals surface area contributed by atoms with Gasteiger partial charge >= 0.3 is 6.03 Å². The van der Waals surface area contributed by atoms with Crippen LogP contribution in [-0.4, -0.2) is 37.2 Å². The van der Waals surface area contributed by atoms with Gasteiger partial charge in [-0.3, -0.25) is 0 Å². The van der Waals surface area contributed by atoms with Crippen LogP contribution in [0.4, 0.5) is 4.79 Å². The molecule has 0 saturated carbocycles. The topological polar surface area (TPSA) is 41.6 Å². The molecule has 22 heavy (non-hydrogen) atoms. The van der Waals surface area contributed by atoms with E-state index in [1.165, 1.54) is 10.4 Å². The van der Waals surface area contributed by atoms with Crippen molar-refractivity contribution in [2.75, 3.05) is 26.2 Å². The maximum atomic E-state index is 12.4. The van der Waals surface area contributed by atoms with Crippen LogP contribution in [0.25, 0.3) is 0 Å². The third-order valence-electron chi connectivity index (χ3n) is 3.89. The molecule has 118 valence electrons. The number of hydrogen-bond donors (Lipinski definition) is 1. The molecular weight excluding hydrogens is 316 g/mol. The van der Waals surface area contributed by atoms with Crippen molar-refractivity contribution in [1.29, 1.82) is 0 Å². The van der Waals surface area contributed by atoms with E-state index < -0.39 is 0 Å². The highest BCUT2D eigenvalue weighted by Crippen LogP contribution is 2.26. The highest BCUT2D eigenvalue weighted by Gasteiger charge is 2.26. The summed E-state index contributed by atoms with van der Waals surface area (Å²) in [5.74, 6) is 0.337. The molecule has 1 aliphatic heterocycles. The Morgan fingerprint density at radius 3 is 3.14 bits per heavy atom. The van der Waals surface area contributed by atoms with Gasteiger partial charge in [-0.1, -0.05) is 13.0 Å². The first-order chi connectivity index (χ1) is 10.7. The summed E-state index contributed by atoms with van der Waals surface area (Å²) in [7, 11) is 0. The van der Waals surface area contributed by atoms with Gasteiger partial charge in [-0.25, -0.2) is 4.79 Å². The molecule has 2 atom stereocenters. The molecule has 0 radical (unpaired) electrons. The molecule has 3 rings (SSSR count). The second-order valence-corrected chi connectivity index (χ2v) is 7.22. The Balaban J connectivity index is 1.51. The standard InChI is InChI=1S/C16H20N2O2S2/c1-12(13-4-8-21-11-13)9-17-16(19)18-5-6-20-14(10-18)15-3-2-7-22-15/h2-4,7-8,11-12,14H,5-6,9-10H2,1H3,(H,17,19)/t12-,14-/m0/s1. The molecule has 6 heteroatoms. The first kappa shape index (κ1) is 15.5. The SMILES string of the molecule is C[C@@H](CNC(=O)N1CCO[C@H](c2cccs2)C1)c1ccsc1. The highest BCUT2D eigenvalue weighted by atomic mass is 32.1. The number of rotatable bonds is 4. The van der Waals surface area contributed by atoms with E-state index in [0.717, 1.165) is 0 Å².